The number of ether oxygens (including phenoxy) is 2. The van der Waals surface area contributed by atoms with Crippen molar-refractivity contribution in [1.82, 2.24) is 0 Å². The molecule has 2 aromatic rings. The summed E-state index contributed by atoms with van der Waals surface area (Å²) in [6.07, 6.45) is 0. The molecular weight excluding hydrogens is 291 g/mol. The lowest BCUT2D eigenvalue weighted by Gasteiger charge is -2.13. The summed E-state index contributed by atoms with van der Waals surface area (Å²) >= 11 is 0. The van der Waals surface area contributed by atoms with Crippen molar-refractivity contribution in [3.05, 3.63) is 42.2 Å². The second kappa shape index (κ2) is 7.63. The first kappa shape index (κ1) is 16.1. The zero-order valence-corrected chi connectivity index (χ0v) is 11.8. The van der Waals surface area contributed by atoms with Gasteiger partial charge in [0.2, 0.25) is 0 Å². The summed E-state index contributed by atoms with van der Waals surface area (Å²) in [5.74, 6) is -0.254. The molecule has 6 heteroatoms. The highest BCUT2D eigenvalue weighted by atomic mass is 19.1. The van der Waals surface area contributed by atoms with E-state index in [-0.39, 0.29) is 26.4 Å². The van der Waals surface area contributed by atoms with E-state index in [4.69, 9.17) is 19.7 Å². The van der Waals surface area contributed by atoms with Crippen LogP contribution in [0.4, 0.5) is 4.39 Å². The number of benzene rings is 2. The maximum absolute atomic E-state index is 13.5. The Kier molecular flexibility index (Phi) is 5.57. The Hall–Kier alpha value is -2.31. The zero-order valence-electron chi connectivity index (χ0n) is 11.8. The molecule has 22 heavy (non-hydrogen) atoms. The number of aliphatic hydroxyl groups excluding tert-OH is 2. The molecule has 0 aliphatic carbocycles. The smallest absolute Gasteiger partial charge is 0.165 e. The molecule has 2 rings (SSSR count). The van der Waals surface area contributed by atoms with Crippen molar-refractivity contribution in [2.45, 2.75) is 0 Å². The molecule has 0 aromatic heterocycles. The maximum atomic E-state index is 13.5. The first-order chi connectivity index (χ1) is 10.7. The SMILES string of the molecule is OCCOc1ccc(-c2ccc(O)c(F)c2)c(OCCO)c1. The van der Waals surface area contributed by atoms with Crippen molar-refractivity contribution in [2.24, 2.45) is 0 Å². The first-order valence-corrected chi connectivity index (χ1v) is 6.76. The molecule has 0 heterocycles. The van der Waals surface area contributed by atoms with Crippen molar-refractivity contribution in [3.8, 4) is 28.4 Å². The minimum absolute atomic E-state index is 0.0804. The van der Waals surface area contributed by atoms with Gasteiger partial charge in [0.05, 0.1) is 13.2 Å². The number of phenols is 1. The summed E-state index contributed by atoms with van der Waals surface area (Å²) in [6, 6.07) is 8.98. The fraction of sp³-hybridized carbons (Fsp3) is 0.250. The first-order valence-electron chi connectivity index (χ1n) is 6.76. The Bertz CT molecular complexity index is 630. The van der Waals surface area contributed by atoms with Crippen LogP contribution in [0.2, 0.25) is 0 Å². The van der Waals surface area contributed by atoms with Crippen molar-refractivity contribution in [1.29, 1.82) is 0 Å². The topological polar surface area (TPSA) is 79.2 Å². The van der Waals surface area contributed by atoms with Gasteiger partial charge in [0.15, 0.2) is 11.6 Å². The van der Waals surface area contributed by atoms with Crippen LogP contribution in [0.25, 0.3) is 11.1 Å². The van der Waals surface area contributed by atoms with Gasteiger partial charge in [-0.05, 0) is 29.8 Å². The normalized spacial score (nSPS) is 10.5. The lowest BCUT2D eigenvalue weighted by atomic mass is 10.0. The maximum Gasteiger partial charge on any atom is 0.165 e. The van der Waals surface area contributed by atoms with E-state index in [0.29, 0.717) is 22.6 Å². The molecule has 2 aromatic carbocycles. The molecule has 0 saturated carbocycles. The molecule has 0 aliphatic heterocycles. The van der Waals surface area contributed by atoms with Crippen LogP contribution < -0.4 is 9.47 Å². The fourth-order valence-electron chi connectivity index (χ4n) is 1.94. The van der Waals surface area contributed by atoms with Crippen LogP contribution in [0.3, 0.4) is 0 Å². The third-order valence-corrected chi connectivity index (χ3v) is 2.92. The average Bonchev–Trinajstić information content (AvgIpc) is 2.53. The summed E-state index contributed by atoms with van der Waals surface area (Å²) in [7, 11) is 0. The molecule has 0 amide bonds. The molecule has 0 bridgehead atoms. The lowest BCUT2D eigenvalue weighted by molar-refractivity contribution is 0.195. The van der Waals surface area contributed by atoms with Gasteiger partial charge in [0.1, 0.15) is 24.7 Å². The second-order valence-corrected chi connectivity index (χ2v) is 4.47. The van der Waals surface area contributed by atoms with Gasteiger partial charge in [-0.2, -0.15) is 0 Å². The minimum atomic E-state index is -0.730. The molecule has 0 radical (unpaired) electrons. The molecule has 0 spiro atoms. The van der Waals surface area contributed by atoms with Crippen LogP contribution in [-0.4, -0.2) is 41.7 Å². The number of aliphatic hydroxyl groups is 2. The number of phenolic OH excluding ortho intramolecular Hbond substituents is 1. The Morgan fingerprint density at radius 2 is 1.64 bits per heavy atom. The van der Waals surface area contributed by atoms with Crippen LogP contribution in [0.15, 0.2) is 36.4 Å². The van der Waals surface area contributed by atoms with Crippen LogP contribution in [-0.2, 0) is 0 Å². The minimum Gasteiger partial charge on any atom is -0.505 e. The standard InChI is InChI=1S/C16H17FO5/c17-14-9-11(1-4-15(14)20)13-3-2-12(21-7-5-18)10-16(13)22-8-6-19/h1-4,9-10,18-20H,5-8H2. The quantitative estimate of drug-likeness (QED) is 0.728. The third-order valence-electron chi connectivity index (χ3n) is 2.92. The van der Waals surface area contributed by atoms with Crippen molar-refractivity contribution in [3.63, 3.8) is 0 Å². The van der Waals surface area contributed by atoms with E-state index in [9.17, 15) is 9.50 Å². The van der Waals surface area contributed by atoms with Gasteiger partial charge in [-0.1, -0.05) is 6.07 Å². The Labute approximate surface area is 127 Å². The molecule has 3 N–H and O–H groups in total. The molecule has 0 fully saturated rings. The van der Waals surface area contributed by atoms with Crippen LogP contribution in [0.5, 0.6) is 17.2 Å². The van der Waals surface area contributed by atoms with E-state index in [1.54, 1.807) is 24.3 Å². The highest BCUT2D eigenvalue weighted by Gasteiger charge is 2.11. The molecule has 118 valence electrons. The molecule has 0 atom stereocenters. The van der Waals surface area contributed by atoms with Gasteiger partial charge < -0.3 is 24.8 Å². The highest BCUT2D eigenvalue weighted by Crippen LogP contribution is 2.35. The van der Waals surface area contributed by atoms with Crippen LogP contribution in [0.1, 0.15) is 0 Å². The number of halogens is 1. The zero-order chi connectivity index (χ0) is 15.9. The summed E-state index contributed by atoms with van der Waals surface area (Å²) in [5.41, 5.74) is 1.13. The second-order valence-electron chi connectivity index (χ2n) is 4.47. The molecule has 5 nitrogen and oxygen atoms in total. The van der Waals surface area contributed by atoms with E-state index >= 15 is 0 Å². The number of hydrogen-bond acceptors (Lipinski definition) is 5. The monoisotopic (exact) mass is 308 g/mol. The van der Waals surface area contributed by atoms with Crippen LogP contribution >= 0.6 is 0 Å². The summed E-state index contributed by atoms with van der Waals surface area (Å²) in [6.45, 7) is -0.0491. The molecule has 0 aliphatic rings. The predicted molar refractivity (Wildman–Crippen MR) is 78.7 cm³/mol. The van der Waals surface area contributed by atoms with E-state index in [2.05, 4.69) is 0 Å². The van der Waals surface area contributed by atoms with Gasteiger partial charge in [-0.3, -0.25) is 0 Å². The van der Waals surface area contributed by atoms with Gasteiger partial charge >= 0.3 is 0 Å². The molecular formula is C16H17FO5. The predicted octanol–water partition coefficient (Wildman–Crippen LogP) is 1.94. The Balaban J connectivity index is 2.37. The summed E-state index contributed by atoms with van der Waals surface area (Å²) in [4.78, 5) is 0. The van der Waals surface area contributed by atoms with Crippen molar-refractivity contribution < 1.29 is 29.2 Å². The average molecular weight is 308 g/mol. The van der Waals surface area contributed by atoms with E-state index in [0.717, 1.165) is 0 Å². The number of aromatic hydroxyl groups is 1. The van der Waals surface area contributed by atoms with Gasteiger partial charge in [-0.25, -0.2) is 4.39 Å². The van der Waals surface area contributed by atoms with Gasteiger partial charge in [0.25, 0.3) is 0 Å². The molecule has 0 saturated heterocycles. The van der Waals surface area contributed by atoms with Crippen LogP contribution in [0, 0.1) is 5.82 Å². The van der Waals surface area contributed by atoms with Gasteiger partial charge in [-0.15, -0.1) is 0 Å². The Morgan fingerprint density at radius 1 is 0.909 bits per heavy atom. The summed E-state index contributed by atoms with van der Waals surface area (Å²) in [5, 5.41) is 26.9. The third kappa shape index (κ3) is 3.87. The number of rotatable bonds is 7. The molecule has 0 unspecified atom stereocenters. The van der Waals surface area contributed by atoms with E-state index in [1.807, 2.05) is 0 Å². The fourth-order valence-corrected chi connectivity index (χ4v) is 1.94. The van der Waals surface area contributed by atoms with Gasteiger partial charge in [0, 0.05) is 11.6 Å². The highest BCUT2D eigenvalue weighted by molar-refractivity contribution is 5.72. The lowest BCUT2D eigenvalue weighted by Crippen LogP contribution is -2.05. The van der Waals surface area contributed by atoms with Crippen molar-refractivity contribution >= 4 is 0 Å². The summed E-state index contributed by atoms with van der Waals surface area (Å²) < 4.78 is 24.3. The largest absolute Gasteiger partial charge is 0.505 e. The van der Waals surface area contributed by atoms with E-state index < -0.39 is 11.6 Å². The van der Waals surface area contributed by atoms with E-state index in [1.165, 1.54) is 12.1 Å². The number of hydrogen-bond donors (Lipinski definition) is 3. The Morgan fingerprint density at radius 3 is 2.32 bits per heavy atom. The van der Waals surface area contributed by atoms with Crippen molar-refractivity contribution in [2.75, 3.05) is 26.4 Å².